The Morgan fingerprint density at radius 2 is 1.74 bits per heavy atom. The summed E-state index contributed by atoms with van der Waals surface area (Å²) in [6, 6.07) is 15.2. The first-order chi connectivity index (χ1) is 16.1. The van der Waals surface area contributed by atoms with Gasteiger partial charge in [0.15, 0.2) is 0 Å². The van der Waals surface area contributed by atoms with Crippen LogP contribution < -0.4 is 14.8 Å². The highest BCUT2D eigenvalue weighted by Gasteiger charge is 2.22. The number of ether oxygens (including phenoxy) is 1. The highest BCUT2D eigenvalue weighted by atomic mass is 35.5. The second kappa shape index (κ2) is 10.5. The summed E-state index contributed by atoms with van der Waals surface area (Å²) in [6.45, 7) is 7.60. The molecule has 180 valence electrons. The van der Waals surface area contributed by atoms with Gasteiger partial charge >= 0.3 is 0 Å². The van der Waals surface area contributed by atoms with Crippen molar-refractivity contribution in [3.8, 4) is 5.75 Å². The smallest absolute Gasteiger partial charge is 0.263 e. The summed E-state index contributed by atoms with van der Waals surface area (Å²) in [6.07, 6.45) is 0.657. The standard InChI is InChI=1S/C26H29ClN2O4S/c1-6-22(19-10-12-24(33-5)18(4)14-19)28-26(30)20-9-11-21(27)25(15-20)34(31,32)29-23-13-16(2)7-8-17(23)3/h7-15,22,29H,6H2,1-5H3,(H,28,30). The van der Waals surface area contributed by atoms with Gasteiger partial charge in [0.25, 0.3) is 15.9 Å². The van der Waals surface area contributed by atoms with Crippen LogP contribution in [0.25, 0.3) is 0 Å². The number of sulfonamides is 1. The highest BCUT2D eigenvalue weighted by Crippen LogP contribution is 2.28. The topological polar surface area (TPSA) is 84.5 Å². The molecule has 0 heterocycles. The van der Waals surface area contributed by atoms with Crippen LogP contribution in [0.2, 0.25) is 5.02 Å². The summed E-state index contributed by atoms with van der Waals surface area (Å²) in [5.41, 5.74) is 4.26. The van der Waals surface area contributed by atoms with Crippen molar-refractivity contribution in [1.29, 1.82) is 0 Å². The second-order valence-electron chi connectivity index (χ2n) is 8.23. The molecule has 6 nitrogen and oxygen atoms in total. The van der Waals surface area contributed by atoms with Crippen molar-refractivity contribution < 1.29 is 17.9 Å². The van der Waals surface area contributed by atoms with E-state index in [0.29, 0.717) is 12.1 Å². The summed E-state index contributed by atoms with van der Waals surface area (Å²) in [5, 5.41) is 3.02. The number of benzene rings is 3. The Bertz CT molecular complexity index is 1320. The average molecular weight is 501 g/mol. The van der Waals surface area contributed by atoms with E-state index in [1.54, 1.807) is 13.2 Å². The van der Waals surface area contributed by atoms with Crippen molar-refractivity contribution >= 4 is 33.2 Å². The second-order valence-corrected chi connectivity index (χ2v) is 10.3. The van der Waals surface area contributed by atoms with Crippen LogP contribution in [0.3, 0.4) is 0 Å². The first-order valence-corrected chi connectivity index (χ1v) is 12.8. The lowest BCUT2D eigenvalue weighted by Crippen LogP contribution is -2.28. The van der Waals surface area contributed by atoms with Crippen molar-refractivity contribution in [2.45, 2.75) is 45.1 Å². The normalized spacial score (nSPS) is 12.2. The molecule has 8 heteroatoms. The van der Waals surface area contributed by atoms with Gasteiger partial charge in [-0.1, -0.05) is 42.8 Å². The molecule has 0 radical (unpaired) electrons. The number of carbonyl (C=O) groups excluding carboxylic acids is 1. The maximum absolute atomic E-state index is 13.1. The van der Waals surface area contributed by atoms with Gasteiger partial charge in [-0.2, -0.15) is 0 Å². The van der Waals surface area contributed by atoms with Crippen molar-refractivity contribution in [2.75, 3.05) is 11.8 Å². The van der Waals surface area contributed by atoms with E-state index in [4.69, 9.17) is 16.3 Å². The average Bonchev–Trinajstić information content (AvgIpc) is 2.79. The van der Waals surface area contributed by atoms with Gasteiger partial charge in [-0.25, -0.2) is 8.42 Å². The zero-order valence-corrected chi connectivity index (χ0v) is 21.5. The van der Waals surface area contributed by atoms with Crippen molar-refractivity contribution in [3.63, 3.8) is 0 Å². The number of rotatable bonds is 8. The molecular weight excluding hydrogens is 472 g/mol. The molecule has 0 saturated heterocycles. The number of amides is 1. The molecule has 0 bridgehead atoms. The molecule has 3 rings (SSSR count). The largest absolute Gasteiger partial charge is 0.496 e. The van der Waals surface area contributed by atoms with Gasteiger partial charge in [-0.05, 0) is 79.8 Å². The number of nitrogens with one attached hydrogen (secondary N) is 2. The van der Waals surface area contributed by atoms with Gasteiger partial charge in [0.1, 0.15) is 10.6 Å². The molecule has 1 atom stereocenters. The van der Waals surface area contributed by atoms with E-state index in [9.17, 15) is 13.2 Å². The summed E-state index contributed by atoms with van der Waals surface area (Å²) in [5.74, 6) is 0.383. The monoisotopic (exact) mass is 500 g/mol. The Morgan fingerprint density at radius 1 is 1.00 bits per heavy atom. The third kappa shape index (κ3) is 5.72. The fourth-order valence-corrected chi connectivity index (χ4v) is 5.33. The van der Waals surface area contributed by atoms with Crippen LogP contribution in [0.15, 0.2) is 59.5 Å². The third-order valence-corrected chi connectivity index (χ3v) is 7.50. The molecule has 1 amide bonds. The quantitative estimate of drug-likeness (QED) is 0.400. The predicted molar refractivity (Wildman–Crippen MR) is 136 cm³/mol. The lowest BCUT2D eigenvalue weighted by Gasteiger charge is -2.19. The Balaban J connectivity index is 1.87. The molecule has 3 aromatic rings. The summed E-state index contributed by atoms with van der Waals surface area (Å²) in [7, 11) is -2.40. The van der Waals surface area contributed by atoms with Gasteiger partial charge in [0.05, 0.1) is 23.9 Å². The Kier molecular flexibility index (Phi) is 7.89. The van der Waals surface area contributed by atoms with Crippen LogP contribution >= 0.6 is 11.6 Å². The number of hydrogen-bond donors (Lipinski definition) is 2. The maximum Gasteiger partial charge on any atom is 0.263 e. The van der Waals surface area contributed by atoms with Gasteiger partial charge in [-0.15, -0.1) is 0 Å². The Morgan fingerprint density at radius 3 is 2.38 bits per heavy atom. The predicted octanol–water partition coefficient (Wildman–Crippen LogP) is 5.96. The number of methoxy groups -OCH3 is 1. The van der Waals surface area contributed by atoms with Crippen LogP contribution in [0.1, 0.15) is 52.0 Å². The van der Waals surface area contributed by atoms with E-state index in [1.165, 1.54) is 18.2 Å². The van der Waals surface area contributed by atoms with E-state index in [-0.39, 0.29) is 27.4 Å². The molecule has 2 N–H and O–H groups in total. The molecule has 3 aromatic carbocycles. The molecule has 0 fully saturated rings. The molecule has 1 unspecified atom stereocenters. The zero-order valence-electron chi connectivity index (χ0n) is 19.9. The fourth-order valence-electron chi connectivity index (χ4n) is 3.68. The molecule has 0 aliphatic rings. The van der Waals surface area contributed by atoms with Crippen molar-refractivity contribution in [3.05, 3.63) is 87.4 Å². The first kappa shape index (κ1) is 25.6. The van der Waals surface area contributed by atoms with E-state index >= 15 is 0 Å². The number of halogens is 1. The van der Waals surface area contributed by atoms with E-state index in [2.05, 4.69) is 10.0 Å². The van der Waals surface area contributed by atoms with Crippen molar-refractivity contribution in [2.24, 2.45) is 0 Å². The summed E-state index contributed by atoms with van der Waals surface area (Å²) < 4.78 is 34.1. The zero-order chi connectivity index (χ0) is 25.0. The lowest BCUT2D eigenvalue weighted by atomic mass is 10.0. The van der Waals surface area contributed by atoms with Crippen LogP contribution in [0.4, 0.5) is 5.69 Å². The molecule has 0 saturated carbocycles. The van der Waals surface area contributed by atoms with Gasteiger partial charge < -0.3 is 10.1 Å². The van der Waals surface area contributed by atoms with Gasteiger partial charge in [0, 0.05) is 5.56 Å². The first-order valence-electron chi connectivity index (χ1n) is 10.9. The minimum atomic E-state index is -4.01. The minimum absolute atomic E-state index is 0.0344. The fraction of sp³-hybridized carbons (Fsp3) is 0.269. The van der Waals surface area contributed by atoms with Crippen LogP contribution in [0, 0.1) is 20.8 Å². The minimum Gasteiger partial charge on any atom is -0.496 e. The maximum atomic E-state index is 13.1. The molecular formula is C26H29ClN2O4S. The molecule has 0 aromatic heterocycles. The van der Waals surface area contributed by atoms with Crippen molar-refractivity contribution in [1.82, 2.24) is 5.32 Å². The SMILES string of the molecule is CCC(NC(=O)c1ccc(Cl)c(S(=O)(=O)Nc2cc(C)ccc2C)c1)c1ccc(OC)c(C)c1. The van der Waals surface area contributed by atoms with E-state index in [1.807, 2.05) is 58.0 Å². The number of carbonyl (C=O) groups is 1. The van der Waals surface area contributed by atoms with E-state index in [0.717, 1.165) is 28.0 Å². The number of hydrogen-bond acceptors (Lipinski definition) is 4. The molecule has 0 aliphatic heterocycles. The highest BCUT2D eigenvalue weighted by molar-refractivity contribution is 7.92. The lowest BCUT2D eigenvalue weighted by molar-refractivity contribution is 0.0935. The van der Waals surface area contributed by atoms with E-state index < -0.39 is 10.0 Å². The molecule has 0 aliphatic carbocycles. The Hall–Kier alpha value is -3.03. The van der Waals surface area contributed by atoms with Gasteiger partial charge in [-0.3, -0.25) is 9.52 Å². The summed E-state index contributed by atoms with van der Waals surface area (Å²) >= 11 is 6.23. The van der Waals surface area contributed by atoms with Gasteiger partial charge in [0.2, 0.25) is 0 Å². The Labute approximate surface area is 206 Å². The molecule has 0 spiro atoms. The summed E-state index contributed by atoms with van der Waals surface area (Å²) in [4.78, 5) is 12.9. The van der Waals surface area contributed by atoms with Crippen LogP contribution in [-0.4, -0.2) is 21.4 Å². The van der Waals surface area contributed by atoms with Crippen LogP contribution in [-0.2, 0) is 10.0 Å². The van der Waals surface area contributed by atoms with Crippen LogP contribution in [0.5, 0.6) is 5.75 Å². The third-order valence-electron chi connectivity index (χ3n) is 5.66. The molecule has 34 heavy (non-hydrogen) atoms. The number of anilines is 1. The number of aryl methyl sites for hydroxylation is 3.